The van der Waals surface area contributed by atoms with Crippen LogP contribution >= 0.6 is 0 Å². The molecule has 0 aromatic heterocycles. The molecule has 0 saturated heterocycles. The summed E-state index contributed by atoms with van der Waals surface area (Å²) < 4.78 is 18.4. The SMILES string of the molecule is CCCCCCCCCCCCCCCCO[Si](CC(C)C)OCCC(N)CCCCCCCCCCCOCCCCCCCCCCCC. The van der Waals surface area contributed by atoms with E-state index in [2.05, 4.69) is 27.7 Å². The Bertz CT molecular complexity index is 621. The highest BCUT2D eigenvalue weighted by molar-refractivity contribution is 6.44. The minimum absolute atomic E-state index is 0.269. The highest BCUT2D eigenvalue weighted by Crippen LogP contribution is 2.16. The van der Waals surface area contributed by atoms with Crippen molar-refractivity contribution in [1.82, 2.24) is 0 Å². The maximum absolute atomic E-state index is 6.47. The summed E-state index contributed by atoms with van der Waals surface area (Å²) in [7, 11) is -1.17. The Labute approximate surface area is 324 Å². The molecule has 5 heteroatoms. The van der Waals surface area contributed by atoms with Gasteiger partial charge >= 0.3 is 9.28 Å². The van der Waals surface area contributed by atoms with Gasteiger partial charge < -0.3 is 19.3 Å². The van der Waals surface area contributed by atoms with E-state index < -0.39 is 9.28 Å². The summed E-state index contributed by atoms with van der Waals surface area (Å²) in [5, 5.41) is 0. The van der Waals surface area contributed by atoms with Crippen LogP contribution in [0, 0.1) is 5.92 Å². The van der Waals surface area contributed by atoms with E-state index in [4.69, 9.17) is 19.3 Å². The Morgan fingerprint density at radius 3 is 1.06 bits per heavy atom. The van der Waals surface area contributed by atoms with Crippen molar-refractivity contribution in [2.75, 3.05) is 26.4 Å². The summed E-state index contributed by atoms with van der Waals surface area (Å²) in [6.07, 6.45) is 47.6. The fourth-order valence-corrected chi connectivity index (χ4v) is 8.79. The standard InChI is InChI=1S/C46H96NO3Si/c1-5-7-9-11-13-15-17-18-19-20-25-29-33-37-42-49-51(44-45(3)4)50-43-39-46(47)38-34-30-26-22-21-24-28-32-36-41-48-40-35-31-27-23-16-14-12-10-8-6-2/h45-46H,5-44,47H2,1-4H3. The molecule has 0 heterocycles. The van der Waals surface area contributed by atoms with Gasteiger partial charge in [-0.2, -0.15) is 0 Å². The van der Waals surface area contributed by atoms with Gasteiger partial charge in [-0.3, -0.25) is 0 Å². The maximum Gasteiger partial charge on any atom is 0.384 e. The van der Waals surface area contributed by atoms with E-state index in [9.17, 15) is 0 Å². The van der Waals surface area contributed by atoms with Gasteiger partial charge in [-0.05, 0) is 44.1 Å². The quantitative estimate of drug-likeness (QED) is 0.0499. The van der Waals surface area contributed by atoms with Crippen molar-refractivity contribution in [2.24, 2.45) is 11.7 Å². The van der Waals surface area contributed by atoms with Crippen LogP contribution in [0.15, 0.2) is 0 Å². The molecule has 307 valence electrons. The van der Waals surface area contributed by atoms with Crippen LogP contribution in [0.1, 0.15) is 252 Å². The zero-order valence-corrected chi connectivity index (χ0v) is 36.7. The van der Waals surface area contributed by atoms with Gasteiger partial charge in [-0.1, -0.05) is 220 Å². The fraction of sp³-hybridized carbons (Fsp3) is 1.00. The molecule has 0 aromatic rings. The van der Waals surface area contributed by atoms with E-state index >= 15 is 0 Å². The molecule has 0 aromatic carbocycles. The van der Waals surface area contributed by atoms with Crippen molar-refractivity contribution in [3.63, 3.8) is 0 Å². The molecule has 0 rings (SSSR count). The second-order valence-corrected chi connectivity index (χ2v) is 18.3. The van der Waals surface area contributed by atoms with Crippen LogP contribution in [0.3, 0.4) is 0 Å². The van der Waals surface area contributed by atoms with Crippen molar-refractivity contribution >= 4 is 9.28 Å². The minimum atomic E-state index is -1.17. The lowest BCUT2D eigenvalue weighted by Gasteiger charge is -2.19. The van der Waals surface area contributed by atoms with Crippen LogP contribution in [-0.2, 0) is 13.6 Å². The first-order valence-corrected chi connectivity index (χ1v) is 25.1. The van der Waals surface area contributed by atoms with Gasteiger partial charge in [0.05, 0.1) is 0 Å². The van der Waals surface area contributed by atoms with E-state index in [0.29, 0.717) is 5.92 Å². The van der Waals surface area contributed by atoms with Gasteiger partial charge in [0.15, 0.2) is 0 Å². The van der Waals surface area contributed by atoms with Gasteiger partial charge in [0.25, 0.3) is 0 Å². The van der Waals surface area contributed by atoms with Crippen molar-refractivity contribution in [3.05, 3.63) is 0 Å². The maximum atomic E-state index is 6.47. The van der Waals surface area contributed by atoms with Crippen LogP contribution in [0.4, 0.5) is 0 Å². The lowest BCUT2D eigenvalue weighted by atomic mass is 10.0. The summed E-state index contributed by atoms with van der Waals surface area (Å²) in [5.41, 5.74) is 6.47. The largest absolute Gasteiger partial charge is 0.393 e. The molecule has 51 heavy (non-hydrogen) atoms. The second kappa shape index (κ2) is 44.5. The molecule has 1 radical (unpaired) electrons. The minimum Gasteiger partial charge on any atom is -0.393 e. The first-order chi connectivity index (χ1) is 25.1. The predicted octanol–water partition coefficient (Wildman–Crippen LogP) is 15.2. The van der Waals surface area contributed by atoms with Crippen molar-refractivity contribution < 1.29 is 13.6 Å². The van der Waals surface area contributed by atoms with E-state index in [1.807, 2.05) is 0 Å². The lowest BCUT2D eigenvalue weighted by molar-refractivity contribution is 0.125. The summed E-state index contributed by atoms with van der Waals surface area (Å²) >= 11 is 0. The second-order valence-electron chi connectivity index (χ2n) is 16.6. The van der Waals surface area contributed by atoms with Crippen LogP contribution in [0.5, 0.6) is 0 Å². The summed E-state index contributed by atoms with van der Waals surface area (Å²) in [6, 6.07) is 1.34. The highest BCUT2D eigenvalue weighted by Gasteiger charge is 2.18. The molecule has 0 aliphatic heterocycles. The first kappa shape index (κ1) is 51.1. The smallest absolute Gasteiger partial charge is 0.384 e. The summed E-state index contributed by atoms with van der Waals surface area (Å²) in [4.78, 5) is 0. The summed E-state index contributed by atoms with van der Waals surface area (Å²) in [5.74, 6) is 0.627. The molecular weight excluding hydrogens is 643 g/mol. The van der Waals surface area contributed by atoms with E-state index in [0.717, 1.165) is 45.3 Å². The first-order valence-electron chi connectivity index (χ1n) is 23.5. The van der Waals surface area contributed by atoms with Crippen molar-refractivity contribution in [3.8, 4) is 0 Å². The van der Waals surface area contributed by atoms with Gasteiger partial charge in [0.2, 0.25) is 0 Å². The van der Waals surface area contributed by atoms with Gasteiger partial charge in [-0.15, -0.1) is 0 Å². The zero-order valence-electron chi connectivity index (χ0n) is 35.7. The van der Waals surface area contributed by atoms with Crippen LogP contribution < -0.4 is 5.73 Å². The van der Waals surface area contributed by atoms with E-state index in [1.165, 1.54) is 212 Å². The molecule has 0 saturated carbocycles. The van der Waals surface area contributed by atoms with E-state index in [-0.39, 0.29) is 6.04 Å². The fourth-order valence-electron chi connectivity index (χ4n) is 7.09. The molecular formula is C46H96NO3Si. The number of unbranched alkanes of at least 4 members (excludes halogenated alkanes) is 30. The van der Waals surface area contributed by atoms with E-state index in [1.54, 1.807) is 0 Å². The normalized spacial score (nSPS) is 12.5. The predicted molar refractivity (Wildman–Crippen MR) is 229 cm³/mol. The summed E-state index contributed by atoms with van der Waals surface area (Å²) in [6.45, 7) is 12.7. The Hall–Kier alpha value is 0.0569. The molecule has 0 bridgehead atoms. The average Bonchev–Trinajstić information content (AvgIpc) is 3.11. The Kier molecular flexibility index (Phi) is 44.5. The third-order valence-corrected chi connectivity index (χ3v) is 12.8. The van der Waals surface area contributed by atoms with Gasteiger partial charge in [0.1, 0.15) is 0 Å². The zero-order chi connectivity index (χ0) is 37.1. The Morgan fingerprint density at radius 1 is 0.373 bits per heavy atom. The third-order valence-electron chi connectivity index (χ3n) is 10.6. The molecule has 0 aliphatic rings. The number of nitrogens with two attached hydrogens (primary N) is 1. The molecule has 2 N–H and O–H groups in total. The molecule has 0 spiro atoms. The van der Waals surface area contributed by atoms with Crippen LogP contribution in [-0.4, -0.2) is 41.8 Å². The lowest BCUT2D eigenvalue weighted by Crippen LogP contribution is -2.29. The average molecular weight is 739 g/mol. The van der Waals surface area contributed by atoms with Crippen molar-refractivity contribution in [2.45, 2.75) is 265 Å². The monoisotopic (exact) mass is 739 g/mol. The number of hydrogen-bond donors (Lipinski definition) is 1. The Balaban J connectivity index is 3.49. The van der Waals surface area contributed by atoms with Crippen LogP contribution in [0.25, 0.3) is 0 Å². The Morgan fingerprint density at radius 2 is 0.686 bits per heavy atom. The number of hydrogen-bond acceptors (Lipinski definition) is 4. The molecule has 0 fully saturated rings. The van der Waals surface area contributed by atoms with Gasteiger partial charge in [-0.25, -0.2) is 0 Å². The number of rotatable bonds is 45. The number of ether oxygens (including phenoxy) is 1. The molecule has 0 aliphatic carbocycles. The molecule has 1 unspecified atom stereocenters. The van der Waals surface area contributed by atoms with Crippen LogP contribution in [0.2, 0.25) is 6.04 Å². The molecule has 0 amide bonds. The molecule has 1 atom stereocenters. The highest BCUT2D eigenvalue weighted by atomic mass is 28.3. The topological polar surface area (TPSA) is 53.7 Å². The van der Waals surface area contributed by atoms with Crippen molar-refractivity contribution in [1.29, 1.82) is 0 Å². The third kappa shape index (κ3) is 44.3. The molecule has 4 nitrogen and oxygen atoms in total. The van der Waals surface area contributed by atoms with Gasteiger partial charge in [0, 0.05) is 32.5 Å².